The zero-order valence-corrected chi connectivity index (χ0v) is 26.4. The Morgan fingerprint density at radius 3 is 2.39 bits per heavy atom. The molecule has 2 heterocycles. The minimum atomic E-state index is -4.15. The van der Waals surface area contributed by atoms with Crippen LogP contribution in [0, 0.1) is 10.1 Å². The fourth-order valence-electron chi connectivity index (χ4n) is 6.12. The standard InChI is InChI=1S/C35H35N5O5S/c1-23-8-6-9-24(2)39(23)22-25-14-16-27(17-15-25)36-34(26-10-4-3-5-11-26)33-31-20-28(18-19-32(31)37-35(33)41)38-46(44,45)30-13-7-12-29(21-30)40(42)43/h3-5,7,10-21,23-24,37-38,41H,6,8-9,22H2,1-2H3. The molecule has 0 radical (unpaired) electrons. The Balaban J connectivity index is 1.36. The maximum Gasteiger partial charge on any atom is 0.270 e. The third kappa shape index (κ3) is 6.51. The third-order valence-corrected chi connectivity index (χ3v) is 9.95. The number of nitrogens with one attached hydrogen (secondary N) is 2. The number of nitrogens with zero attached hydrogens (tertiary/aromatic N) is 3. The summed E-state index contributed by atoms with van der Waals surface area (Å²) in [5.74, 6) is -0.110. The minimum Gasteiger partial charge on any atom is -0.494 e. The molecule has 6 rings (SSSR count). The fraction of sp³-hybridized carbons (Fsp3) is 0.229. The summed E-state index contributed by atoms with van der Waals surface area (Å²) >= 11 is 0. The molecule has 0 spiro atoms. The highest BCUT2D eigenvalue weighted by Gasteiger charge is 2.25. The Kier molecular flexibility index (Phi) is 8.61. The highest BCUT2D eigenvalue weighted by Crippen LogP contribution is 2.34. The molecule has 0 amide bonds. The number of nitro benzene ring substituents is 1. The second-order valence-electron chi connectivity index (χ2n) is 11.8. The van der Waals surface area contributed by atoms with Crippen LogP contribution in [0.3, 0.4) is 0 Å². The molecule has 1 aliphatic rings. The molecule has 1 aliphatic heterocycles. The Labute approximate surface area is 267 Å². The Morgan fingerprint density at radius 2 is 1.70 bits per heavy atom. The lowest BCUT2D eigenvalue weighted by Gasteiger charge is -2.39. The number of aromatic nitrogens is 1. The summed E-state index contributed by atoms with van der Waals surface area (Å²) in [5, 5.41) is 22.9. The molecule has 2 atom stereocenters. The maximum absolute atomic E-state index is 13.2. The van der Waals surface area contributed by atoms with Crippen LogP contribution in [-0.4, -0.2) is 46.1 Å². The van der Waals surface area contributed by atoms with E-state index in [9.17, 15) is 23.6 Å². The van der Waals surface area contributed by atoms with Gasteiger partial charge in [-0.3, -0.25) is 19.7 Å². The van der Waals surface area contributed by atoms with E-state index in [1.54, 1.807) is 18.2 Å². The number of sulfonamides is 1. The number of nitro groups is 1. The Morgan fingerprint density at radius 1 is 0.978 bits per heavy atom. The van der Waals surface area contributed by atoms with Gasteiger partial charge in [0.15, 0.2) is 5.88 Å². The molecule has 236 valence electrons. The molecule has 0 bridgehead atoms. The molecule has 10 nitrogen and oxygen atoms in total. The number of anilines is 1. The summed E-state index contributed by atoms with van der Waals surface area (Å²) in [4.78, 5) is 20.9. The molecule has 3 N–H and O–H groups in total. The first-order chi connectivity index (χ1) is 22.1. The second kappa shape index (κ2) is 12.8. The SMILES string of the molecule is CC1CCCC(C)N1Cc1ccc(N=C(c2ccccc2)c2c(O)[nH]c3ccc(NS(=O)(=O)c4cccc([N+](=O)[O-])c4)cc23)cc1. The summed E-state index contributed by atoms with van der Waals surface area (Å²) in [6, 6.07) is 28.4. The fourth-order valence-corrected chi connectivity index (χ4v) is 7.21. The predicted octanol–water partition coefficient (Wildman–Crippen LogP) is 7.51. The quantitative estimate of drug-likeness (QED) is 0.0868. The van der Waals surface area contributed by atoms with Crippen LogP contribution < -0.4 is 4.72 Å². The third-order valence-electron chi connectivity index (χ3n) is 8.57. The summed E-state index contributed by atoms with van der Waals surface area (Å²) in [7, 11) is -4.15. The van der Waals surface area contributed by atoms with E-state index in [0.29, 0.717) is 39.9 Å². The lowest BCUT2D eigenvalue weighted by Crippen LogP contribution is -2.42. The molecule has 1 aromatic heterocycles. The number of likely N-dealkylation sites (tertiary alicyclic amines) is 1. The van der Waals surface area contributed by atoms with Crippen molar-refractivity contribution in [3.05, 3.63) is 124 Å². The molecular weight excluding hydrogens is 602 g/mol. The first-order valence-corrected chi connectivity index (χ1v) is 16.7. The lowest BCUT2D eigenvalue weighted by atomic mass is 9.96. The first-order valence-electron chi connectivity index (χ1n) is 15.2. The van der Waals surface area contributed by atoms with Crippen LogP contribution in [0.5, 0.6) is 5.88 Å². The molecular formula is C35H35N5O5S. The summed E-state index contributed by atoms with van der Waals surface area (Å²) < 4.78 is 28.9. The summed E-state index contributed by atoms with van der Waals surface area (Å²) in [6.07, 6.45) is 3.68. The highest BCUT2D eigenvalue weighted by atomic mass is 32.2. The van der Waals surface area contributed by atoms with Crippen molar-refractivity contribution in [2.75, 3.05) is 4.72 Å². The van der Waals surface area contributed by atoms with E-state index in [-0.39, 0.29) is 22.2 Å². The molecule has 5 aromatic rings. The molecule has 1 fully saturated rings. The van der Waals surface area contributed by atoms with Gasteiger partial charge < -0.3 is 10.1 Å². The van der Waals surface area contributed by atoms with Crippen molar-refractivity contribution in [1.29, 1.82) is 0 Å². The Hall–Kier alpha value is -5.00. The number of rotatable bonds is 9. The first kappa shape index (κ1) is 31.0. The van der Waals surface area contributed by atoms with Gasteiger partial charge in [-0.05, 0) is 68.7 Å². The number of fused-ring (bicyclic) bond motifs is 1. The van der Waals surface area contributed by atoms with Gasteiger partial charge in [-0.2, -0.15) is 0 Å². The lowest BCUT2D eigenvalue weighted by molar-refractivity contribution is -0.385. The van der Waals surface area contributed by atoms with E-state index < -0.39 is 14.9 Å². The number of piperidine rings is 1. The van der Waals surface area contributed by atoms with E-state index in [1.165, 1.54) is 43.0 Å². The van der Waals surface area contributed by atoms with Crippen molar-refractivity contribution in [1.82, 2.24) is 9.88 Å². The monoisotopic (exact) mass is 637 g/mol. The number of hydrogen-bond acceptors (Lipinski definition) is 7. The van der Waals surface area contributed by atoms with Crippen molar-refractivity contribution in [3.63, 3.8) is 0 Å². The largest absolute Gasteiger partial charge is 0.494 e. The smallest absolute Gasteiger partial charge is 0.270 e. The summed E-state index contributed by atoms with van der Waals surface area (Å²) in [5.41, 5.74) is 4.07. The Bertz CT molecular complexity index is 2010. The van der Waals surface area contributed by atoms with Gasteiger partial charge in [-0.1, -0.05) is 55.0 Å². The zero-order valence-electron chi connectivity index (χ0n) is 25.6. The van der Waals surface area contributed by atoms with Crippen LogP contribution in [0.15, 0.2) is 107 Å². The summed E-state index contributed by atoms with van der Waals surface area (Å²) in [6.45, 7) is 5.45. The highest BCUT2D eigenvalue weighted by molar-refractivity contribution is 7.92. The number of aromatic amines is 1. The van der Waals surface area contributed by atoms with Gasteiger partial charge in [0, 0.05) is 52.9 Å². The van der Waals surface area contributed by atoms with Gasteiger partial charge in [0.1, 0.15) is 0 Å². The van der Waals surface area contributed by atoms with Crippen molar-refractivity contribution in [3.8, 4) is 5.88 Å². The maximum atomic E-state index is 13.2. The van der Waals surface area contributed by atoms with Gasteiger partial charge in [0.25, 0.3) is 15.7 Å². The van der Waals surface area contributed by atoms with Crippen LogP contribution in [-0.2, 0) is 16.6 Å². The number of hydrogen-bond donors (Lipinski definition) is 3. The number of H-pyrrole nitrogens is 1. The average Bonchev–Trinajstić information content (AvgIpc) is 3.37. The normalized spacial score (nSPS) is 17.7. The minimum absolute atomic E-state index is 0.110. The number of benzene rings is 4. The predicted molar refractivity (Wildman–Crippen MR) is 180 cm³/mol. The second-order valence-corrected chi connectivity index (χ2v) is 13.4. The molecule has 46 heavy (non-hydrogen) atoms. The number of non-ortho nitro benzene ring substituents is 1. The van der Waals surface area contributed by atoms with Gasteiger partial charge in [0.2, 0.25) is 0 Å². The average molecular weight is 638 g/mol. The van der Waals surface area contributed by atoms with Crippen molar-refractivity contribution in [2.45, 2.75) is 56.6 Å². The van der Waals surface area contributed by atoms with Crippen molar-refractivity contribution < 1.29 is 18.4 Å². The van der Waals surface area contributed by atoms with E-state index in [1.807, 2.05) is 42.5 Å². The van der Waals surface area contributed by atoms with Gasteiger partial charge >= 0.3 is 0 Å². The van der Waals surface area contributed by atoms with E-state index in [0.717, 1.165) is 18.2 Å². The topological polar surface area (TPSA) is 141 Å². The zero-order chi connectivity index (χ0) is 32.4. The van der Waals surface area contributed by atoms with E-state index in [4.69, 9.17) is 4.99 Å². The van der Waals surface area contributed by atoms with Gasteiger partial charge in [-0.25, -0.2) is 13.4 Å². The van der Waals surface area contributed by atoms with Gasteiger partial charge in [-0.15, -0.1) is 0 Å². The number of aliphatic imine (C=N–C) groups is 1. The van der Waals surface area contributed by atoms with Crippen LogP contribution in [0.1, 0.15) is 49.8 Å². The van der Waals surface area contributed by atoms with E-state index >= 15 is 0 Å². The van der Waals surface area contributed by atoms with E-state index in [2.05, 4.69) is 40.6 Å². The molecule has 11 heteroatoms. The van der Waals surface area contributed by atoms with Crippen molar-refractivity contribution in [2.24, 2.45) is 4.99 Å². The van der Waals surface area contributed by atoms with Crippen LogP contribution >= 0.6 is 0 Å². The number of aromatic hydroxyl groups is 1. The molecule has 0 aliphatic carbocycles. The van der Waals surface area contributed by atoms with Crippen LogP contribution in [0.4, 0.5) is 17.1 Å². The van der Waals surface area contributed by atoms with Crippen LogP contribution in [0.2, 0.25) is 0 Å². The van der Waals surface area contributed by atoms with Gasteiger partial charge in [0.05, 0.1) is 26.8 Å². The van der Waals surface area contributed by atoms with Crippen LogP contribution in [0.25, 0.3) is 10.9 Å². The molecule has 1 saturated heterocycles. The van der Waals surface area contributed by atoms with Crippen molar-refractivity contribution >= 4 is 43.7 Å². The molecule has 2 unspecified atom stereocenters. The molecule has 4 aromatic carbocycles. The molecule has 0 saturated carbocycles.